The van der Waals surface area contributed by atoms with Crippen LogP contribution < -0.4 is 4.74 Å². The minimum Gasteiger partial charge on any atom is -0.426 e. The smallest absolute Gasteiger partial charge is 0.341 e. The van der Waals surface area contributed by atoms with Gasteiger partial charge in [0, 0.05) is 49.0 Å². The Balaban J connectivity index is 1.28. The fourth-order valence-corrected chi connectivity index (χ4v) is 3.96. The molecule has 31 heavy (non-hydrogen) atoms. The molecular formula is C22H16F3N3O3. The lowest BCUT2D eigenvalue weighted by Gasteiger charge is -2.37. The van der Waals surface area contributed by atoms with Gasteiger partial charge in [0.1, 0.15) is 23.2 Å². The van der Waals surface area contributed by atoms with E-state index in [9.17, 15) is 22.8 Å². The molecule has 158 valence electrons. The number of nitrogens with zero attached hydrogens (tertiary/aromatic N) is 3. The number of amides is 2. The first kappa shape index (κ1) is 19.3. The summed E-state index contributed by atoms with van der Waals surface area (Å²) < 4.78 is 46.4. The monoisotopic (exact) mass is 427 g/mol. The number of hydrogen-bond donors (Lipinski definition) is 0. The Kier molecular flexibility index (Phi) is 4.53. The van der Waals surface area contributed by atoms with Crippen molar-refractivity contribution in [1.29, 1.82) is 0 Å². The van der Waals surface area contributed by atoms with E-state index < -0.39 is 35.5 Å². The van der Waals surface area contributed by atoms with E-state index in [1.54, 1.807) is 12.1 Å². The van der Waals surface area contributed by atoms with Gasteiger partial charge < -0.3 is 9.64 Å². The van der Waals surface area contributed by atoms with Gasteiger partial charge >= 0.3 is 12.0 Å². The molecule has 1 saturated heterocycles. The Morgan fingerprint density at radius 1 is 1.10 bits per heavy atom. The van der Waals surface area contributed by atoms with Crippen LogP contribution in [0.15, 0.2) is 41.0 Å². The highest BCUT2D eigenvalue weighted by atomic mass is 19.1. The molecule has 3 aliphatic heterocycles. The molecule has 1 atom stereocenters. The number of benzene rings is 2. The zero-order valence-corrected chi connectivity index (χ0v) is 16.1. The third kappa shape index (κ3) is 3.56. The summed E-state index contributed by atoms with van der Waals surface area (Å²) in [4.78, 5) is 25.7. The van der Waals surface area contributed by atoms with Crippen LogP contribution in [0.2, 0.25) is 0 Å². The van der Waals surface area contributed by atoms with E-state index in [2.05, 4.69) is 5.10 Å². The number of rotatable bonds is 2. The van der Waals surface area contributed by atoms with E-state index in [1.165, 1.54) is 34.3 Å². The van der Waals surface area contributed by atoms with Crippen LogP contribution >= 0.6 is 0 Å². The van der Waals surface area contributed by atoms with Gasteiger partial charge in [0.05, 0.1) is 12.5 Å². The average molecular weight is 427 g/mol. The number of hydrogen-bond acceptors (Lipinski definition) is 4. The topological polar surface area (TPSA) is 62.2 Å². The number of halogens is 3. The van der Waals surface area contributed by atoms with Crippen LogP contribution in [0.3, 0.4) is 0 Å². The summed E-state index contributed by atoms with van der Waals surface area (Å²) in [5.74, 6) is -2.12. The maximum Gasteiger partial charge on any atom is 0.341 e. The normalized spacial score (nSPS) is 19.4. The number of ether oxygens (including phenoxy) is 1. The minimum atomic E-state index is -0.716. The van der Waals surface area contributed by atoms with E-state index in [1.807, 2.05) is 0 Å². The van der Waals surface area contributed by atoms with Crippen molar-refractivity contribution in [3.05, 3.63) is 70.0 Å². The average Bonchev–Trinajstić information content (AvgIpc) is 3.28. The van der Waals surface area contributed by atoms with Gasteiger partial charge in [0.25, 0.3) is 0 Å². The molecule has 0 bridgehead atoms. The molecule has 2 aromatic rings. The molecule has 3 aliphatic rings. The third-order valence-corrected chi connectivity index (χ3v) is 5.45. The second kappa shape index (κ2) is 7.26. The van der Waals surface area contributed by atoms with Crippen molar-refractivity contribution in [2.24, 2.45) is 5.10 Å². The third-order valence-electron chi connectivity index (χ3n) is 5.45. The summed E-state index contributed by atoms with van der Waals surface area (Å²) in [6.45, 7) is 0.558. The molecule has 0 unspecified atom stereocenters. The zero-order chi connectivity index (χ0) is 21.7. The van der Waals surface area contributed by atoms with Gasteiger partial charge in [-0.25, -0.2) is 23.0 Å². The predicted octanol–water partition coefficient (Wildman–Crippen LogP) is 3.82. The number of carbonyl (C=O) groups excluding carboxylic acids is 2. The van der Waals surface area contributed by atoms with Gasteiger partial charge in [-0.05, 0) is 35.4 Å². The quantitative estimate of drug-likeness (QED) is 0.541. The largest absolute Gasteiger partial charge is 0.426 e. The summed E-state index contributed by atoms with van der Waals surface area (Å²) in [5, 5.41) is 5.28. The summed E-state index contributed by atoms with van der Waals surface area (Å²) >= 11 is 0. The van der Waals surface area contributed by atoms with E-state index in [-0.39, 0.29) is 25.3 Å². The van der Waals surface area contributed by atoms with Crippen LogP contribution in [-0.4, -0.2) is 41.2 Å². The molecule has 0 aliphatic carbocycles. The van der Waals surface area contributed by atoms with Crippen molar-refractivity contribution in [2.45, 2.75) is 18.9 Å². The number of fused-ring (bicyclic) bond motifs is 1. The fraction of sp³-hybridized carbons (Fsp3) is 0.227. The highest BCUT2D eigenvalue weighted by molar-refractivity contribution is 5.82. The molecule has 2 amide bonds. The Labute approximate surface area is 175 Å². The standard InChI is InChI=1S/C22H16F3N3O3/c23-16-5-14(6-17(24)8-16)19-1-2-26-28(19)22(30)27-10-12(11-27)3-13-4-15-7-21(29)31-20(15)9-18(13)25/h2-6,8-9,19H,1,7,10-11H2/t19-/m0/s1. The van der Waals surface area contributed by atoms with Crippen molar-refractivity contribution in [2.75, 3.05) is 13.1 Å². The second-order valence-electron chi connectivity index (χ2n) is 7.67. The van der Waals surface area contributed by atoms with E-state index >= 15 is 0 Å². The van der Waals surface area contributed by atoms with Crippen molar-refractivity contribution < 1.29 is 27.5 Å². The molecule has 1 fully saturated rings. The summed E-state index contributed by atoms with van der Waals surface area (Å²) in [7, 11) is 0. The maximum absolute atomic E-state index is 14.3. The zero-order valence-electron chi connectivity index (χ0n) is 16.1. The van der Waals surface area contributed by atoms with Gasteiger partial charge in [-0.15, -0.1) is 0 Å². The summed E-state index contributed by atoms with van der Waals surface area (Å²) in [6, 6.07) is 4.94. The first-order chi connectivity index (χ1) is 14.9. The number of carbonyl (C=O) groups is 2. The van der Waals surface area contributed by atoms with E-state index in [4.69, 9.17) is 4.74 Å². The molecule has 0 spiro atoms. The molecule has 0 radical (unpaired) electrons. The van der Waals surface area contributed by atoms with Gasteiger partial charge in [-0.3, -0.25) is 4.79 Å². The maximum atomic E-state index is 14.3. The molecule has 9 heteroatoms. The summed E-state index contributed by atoms with van der Waals surface area (Å²) in [5.41, 5.74) is 2.11. The lowest BCUT2D eigenvalue weighted by atomic mass is 10.0. The first-order valence-electron chi connectivity index (χ1n) is 9.66. The SMILES string of the molecule is O=C1Cc2cc(C=C3CN(C(=O)N4N=CC[C@H]4c4cc(F)cc(F)c4)C3)c(F)cc2O1. The lowest BCUT2D eigenvalue weighted by molar-refractivity contribution is -0.131. The Hall–Kier alpha value is -3.62. The van der Waals surface area contributed by atoms with Crippen LogP contribution in [0.25, 0.3) is 6.08 Å². The van der Waals surface area contributed by atoms with Crippen LogP contribution in [0.1, 0.15) is 29.2 Å². The second-order valence-corrected chi connectivity index (χ2v) is 7.67. The van der Waals surface area contributed by atoms with Gasteiger partial charge in [-0.2, -0.15) is 5.10 Å². The molecule has 0 aromatic heterocycles. The molecule has 3 heterocycles. The molecule has 0 N–H and O–H groups in total. The van der Waals surface area contributed by atoms with Crippen molar-refractivity contribution in [3.8, 4) is 5.75 Å². The molecule has 0 saturated carbocycles. The van der Waals surface area contributed by atoms with Crippen molar-refractivity contribution >= 4 is 24.3 Å². The highest BCUT2D eigenvalue weighted by Gasteiger charge is 2.36. The van der Waals surface area contributed by atoms with Gasteiger partial charge in [0.2, 0.25) is 0 Å². The van der Waals surface area contributed by atoms with Crippen LogP contribution in [-0.2, 0) is 11.2 Å². The van der Waals surface area contributed by atoms with Crippen molar-refractivity contribution in [3.63, 3.8) is 0 Å². The summed E-state index contributed by atoms with van der Waals surface area (Å²) in [6.07, 6.45) is 3.64. The lowest BCUT2D eigenvalue weighted by Crippen LogP contribution is -2.49. The molecule has 2 aromatic carbocycles. The number of hydrazone groups is 1. The molecular weight excluding hydrogens is 411 g/mol. The van der Waals surface area contributed by atoms with E-state index in [0.717, 1.165) is 11.6 Å². The van der Waals surface area contributed by atoms with Crippen LogP contribution in [0.5, 0.6) is 5.75 Å². The van der Waals surface area contributed by atoms with Crippen LogP contribution in [0, 0.1) is 17.5 Å². The fourth-order valence-electron chi connectivity index (χ4n) is 3.96. The highest BCUT2D eigenvalue weighted by Crippen LogP contribution is 2.33. The Bertz CT molecular complexity index is 1150. The van der Waals surface area contributed by atoms with Crippen LogP contribution in [0.4, 0.5) is 18.0 Å². The Morgan fingerprint density at radius 2 is 1.84 bits per heavy atom. The van der Waals surface area contributed by atoms with Gasteiger partial charge in [-0.1, -0.05) is 0 Å². The van der Waals surface area contributed by atoms with Gasteiger partial charge in [0.15, 0.2) is 0 Å². The molecule has 5 rings (SSSR count). The number of urea groups is 1. The van der Waals surface area contributed by atoms with E-state index in [0.29, 0.717) is 23.1 Å². The number of likely N-dealkylation sites (tertiary alicyclic amines) is 1. The Morgan fingerprint density at radius 3 is 2.58 bits per heavy atom. The number of esters is 1. The minimum absolute atomic E-state index is 0.103. The molecule has 6 nitrogen and oxygen atoms in total. The first-order valence-corrected chi connectivity index (χ1v) is 9.66. The van der Waals surface area contributed by atoms with Crippen molar-refractivity contribution in [1.82, 2.24) is 9.91 Å². The predicted molar refractivity (Wildman–Crippen MR) is 105 cm³/mol.